The molecule has 0 bridgehead atoms. The smallest absolute Gasteiger partial charge is 0.252 e. The van der Waals surface area contributed by atoms with Crippen molar-refractivity contribution >= 4 is 5.91 Å². The van der Waals surface area contributed by atoms with Crippen molar-refractivity contribution < 1.29 is 9.53 Å². The van der Waals surface area contributed by atoms with Crippen molar-refractivity contribution in [3.63, 3.8) is 0 Å². The van der Waals surface area contributed by atoms with Gasteiger partial charge in [-0.3, -0.25) is 4.79 Å². The fraction of sp³-hybridized carbons (Fsp3) is 0.417. The minimum Gasteiger partial charge on any atom is -0.376 e. The lowest BCUT2D eigenvalue weighted by Gasteiger charge is -2.10. The van der Waals surface area contributed by atoms with Crippen LogP contribution in [0.4, 0.5) is 0 Å². The zero-order chi connectivity index (χ0) is 12.1. The van der Waals surface area contributed by atoms with Crippen LogP contribution in [0, 0.1) is 11.3 Å². The van der Waals surface area contributed by atoms with Gasteiger partial charge in [0, 0.05) is 19.3 Å². The number of hydrogen-bond acceptors (Lipinski definition) is 4. The molecule has 5 nitrogen and oxygen atoms in total. The Kier molecular flexibility index (Phi) is 3.68. The highest BCUT2D eigenvalue weighted by Crippen LogP contribution is 2.10. The number of rotatable bonds is 3. The summed E-state index contributed by atoms with van der Waals surface area (Å²) < 4.78 is 5.40. The van der Waals surface area contributed by atoms with E-state index < -0.39 is 0 Å². The van der Waals surface area contributed by atoms with E-state index in [4.69, 9.17) is 10.00 Å². The molecule has 1 amide bonds. The molecule has 0 aliphatic carbocycles. The summed E-state index contributed by atoms with van der Waals surface area (Å²) >= 11 is 0. The summed E-state index contributed by atoms with van der Waals surface area (Å²) in [6.45, 7) is 1.30. The van der Waals surface area contributed by atoms with Gasteiger partial charge in [0.15, 0.2) is 0 Å². The molecule has 0 radical (unpaired) electrons. The van der Waals surface area contributed by atoms with Crippen molar-refractivity contribution in [3.8, 4) is 6.07 Å². The van der Waals surface area contributed by atoms with Crippen LogP contribution in [-0.2, 0) is 4.74 Å². The molecule has 1 atom stereocenters. The van der Waals surface area contributed by atoms with E-state index >= 15 is 0 Å². The van der Waals surface area contributed by atoms with Crippen molar-refractivity contribution in [2.45, 2.75) is 18.9 Å². The Balaban J connectivity index is 1.88. The van der Waals surface area contributed by atoms with Crippen LogP contribution < -0.4 is 5.32 Å². The van der Waals surface area contributed by atoms with Gasteiger partial charge in [0.1, 0.15) is 11.8 Å². The Morgan fingerprint density at radius 2 is 2.53 bits per heavy atom. The minimum atomic E-state index is -0.183. The van der Waals surface area contributed by atoms with E-state index in [1.165, 1.54) is 12.3 Å². The molecule has 1 unspecified atom stereocenters. The van der Waals surface area contributed by atoms with E-state index in [0.29, 0.717) is 17.8 Å². The molecular formula is C12H13N3O2. The molecule has 5 heteroatoms. The zero-order valence-corrected chi connectivity index (χ0v) is 9.35. The van der Waals surface area contributed by atoms with Gasteiger partial charge in [-0.15, -0.1) is 0 Å². The maximum absolute atomic E-state index is 11.7. The fourth-order valence-electron chi connectivity index (χ4n) is 1.71. The first kappa shape index (κ1) is 11.6. The number of carbonyl (C=O) groups excluding carboxylic acids is 1. The lowest BCUT2D eigenvalue weighted by molar-refractivity contribution is 0.0857. The molecule has 2 rings (SSSR count). The van der Waals surface area contributed by atoms with Gasteiger partial charge in [-0.05, 0) is 25.0 Å². The second-order valence-electron chi connectivity index (χ2n) is 3.89. The van der Waals surface area contributed by atoms with Crippen molar-refractivity contribution in [2.24, 2.45) is 0 Å². The molecule has 0 aromatic carbocycles. The van der Waals surface area contributed by atoms with E-state index in [9.17, 15) is 4.79 Å². The molecule has 1 aliphatic rings. The van der Waals surface area contributed by atoms with Gasteiger partial charge in [0.2, 0.25) is 0 Å². The average molecular weight is 231 g/mol. The first-order valence-corrected chi connectivity index (χ1v) is 5.55. The maximum atomic E-state index is 11.7. The second kappa shape index (κ2) is 5.41. The van der Waals surface area contributed by atoms with Crippen molar-refractivity contribution in [1.82, 2.24) is 10.3 Å². The maximum Gasteiger partial charge on any atom is 0.252 e. The summed E-state index contributed by atoms with van der Waals surface area (Å²) in [5.41, 5.74) is 0.766. The summed E-state index contributed by atoms with van der Waals surface area (Å²) in [4.78, 5) is 15.6. The van der Waals surface area contributed by atoms with Gasteiger partial charge in [-0.25, -0.2) is 4.98 Å². The summed E-state index contributed by atoms with van der Waals surface area (Å²) in [5, 5.41) is 11.4. The molecule has 0 saturated carbocycles. The standard InChI is InChI=1S/C12H13N3O2/c13-6-10-4-3-9(7-14-10)12(16)15-8-11-2-1-5-17-11/h3-4,7,11H,1-2,5,8H2,(H,15,16). The quantitative estimate of drug-likeness (QED) is 0.837. The zero-order valence-electron chi connectivity index (χ0n) is 9.35. The Morgan fingerprint density at radius 3 is 3.12 bits per heavy atom. The number of nitriles is 1. The molecule has 1 N–H and O–H groups in total. The number of pyridine rings is 1. The third-order valence-electron chi connectivity index (χ3n) is 2.65. The summed E-state index contributed by atoms with van der Waals surface area (Å²) in [6.07, 6.45) is 3.58. The van der Waals surface area contributed by atoms with Gasteiger partial charge < -0.3 is 10.1 Å². The Hall–Kier alpha value is -1.93. The van der Waals surface area contributed by atoms with Crippen LogP contribution >= 0.6 is 0 Å². The highest BCUT2D eigenvalue weighted by Gasteiger charge is 2.16. The Morgan fingerprint density at radius 1 is 1.65 bits per heavy atom. The monoisotopic (exact) mass is 231 g/mol. The summed E-state index contributed by atoms with van der Waals surface area (Å²) in [5.74, 6) is -0.183. The van der Waals surface area contributed by atoms with Crippen LogP contribution in [0.15, 0.2) is 18.3 Å². The van der Waals surface area contributed by atoms with E-state index in [0.717, 1.165) is 19.4 Å². The molecular weight excluding hydrogens is 218 g/mol. The highest BCUT2D eigenvalue weighted by atomic mass is 16.5. The normalized spacial score (nSPS) is 18.6. The summed E-state index contributed by atoms with van der Waals surface area (Å²) in [6, 6.07) is 5.03. The van der Waals surface area contributed by atoms with Crippen LogP contribution in [0.3, 0.4) is 0 Å². The van der Waals surface area contributed by atoms with Crippen molar-refractivity contribution in [3.05, 3.63) is 29.6 Å². The van der Waals surface area contributed by atoms with E-state index in [1.54, 1.807) is 6.07 Å². The van der Waals surface area contributed by atoms with Crippen LogP contribution in [0.1, 0.15) is 28.9 Å². The molecule has 1 aliphatic heterocycles. The van der Waals surface area contributed by atoms with Crippen molar-refractivity contribution in [1.29, 1.82) is 5.26 Å². The molecule has 17 heavy (non-hydrogen) atoms. The molecule has 0 spiro atoms. The third-order valence-corrected chi connectivity index (χ3v) is 2.65. The average Bonchev–Trinajstić information content (AvgIpc) is 2.89. The molecule has 2 heterocycles. The van der Waals surface area contributed by atoms with Gasteiger partial charge in [-0.2, -0.15) is 5.26 Å². The predicted octanol–water partition coefficient (Wildman–Crippen LogP) is 0.862. The van der Waals surface area contributed by atoms with E-state index in [-0.39, 0.29) is 12.0 Å². The van der Waals surface area contributed by atoms with Crippen LogP contribution in [0.25, 0.3) is 0 Å². The topological polar surface area (TPSA) is 75.0 Å². The SMILES string of the molecule is N#Cc1ccc(C(=O)NCC2CCCO2)cn1. The number of ether oxygens (including phenoxy) is 1. The molecule has 88 valence electrons. The van der Waals surface area contributed by atoms with Gasteiger partial charge in [-0.1, -0.05) is 0 Å². The number of nitrogens with one attached hydrogen (secondary N) is 1. The Bertz CT molecular complexity index is 430. The van der Waals surface area contributed by atoms with Crippen LogP contribution in [-0.4, -0.2) is 30.1 Å². The fourth-order valence-corrected chi connectivity index (χ4v) is 1.71. The number of hydrogen-bond donors (Lipinski definition) is 1. The molecule has 1 aromatic rings. The van der Waals surface area contributed by atoms with Gasteiger partial charge in [0.25, 0.3) is 5.91 Å². The van der Waals surface area contributed by atoms with E-state index in [2.05, 4.69) is 10.3 Å². The number of carbonyl (C=O) groups is 1. The van der Waals surface area contributed by atoms with Gasteiger partial charge >= 0.3 is 0 Å². The first-order chi connectivity index (χ1) is 8.29. The van der Waals surface area contributed by atoms with Crippen LogP contribution in [0.5, 0.6) is 0 Å². The highest BCUT2D eigenvalue weighted by molar-refractivity contribution is 5.93. The van der Waals surface area contributed by atoms with Crippen LogP contribution in [0.2, 0.25) is 0 Å². The first-order valence-electron chi connectivity index (χ1n) is 5.55. The second-order valence-corrected chi connectivity index (χ2v) is 3.89. The Labute approximate surface area is 99.4 Å². The number of nitrogens with zero attached hydrogens (tertiary/aromatic N) is 2. The lowest BCUT2D eigenvalue weighted by Crippen LogP contribution is -2.31. The van der Waals surface area contributed by atoms with Crippen molar-refractivity contribution in [2.75, 3.05) is 13.2 Å². The summed E-state index contributed by atoms with van der Waals surface area (Å²) in [7, 11) is 0. The van der Waals surface area contributed by atoms with E-state index in [1.807, 2.05) is 6.07 Å². The molecule has 1 saturated heterocycles. The third kappa shape index (κ3) is 3.02. The predicted molar refractivity (Wildman–Crippen MR) is 60.3 cm³/mol. The molecule has 1 fully saturated rings. The largest absolute Gasteiger partial charge is 0.376 e. The molecule has 1 aromatic heterocycles. The van der Waals surface area contributed by atoms with Gasteiger partial charge in [0.05, 0.1) is 11.7 Å². The number of amides is 1. The lowest BCUT2D eigenvalue weighted by atomic mass is 10.2. The number of aromatic nitrogens is 1. The minimum absolute atomic E-state index is 0.130.